The molecular weight excluding hydrogens is 360 g/mol. The molecule has 0 spiro atoms. The first-order valence-corrected chi connectivity index (χ1v) is 11.5. The highest BCUT2D eigenvalue weighted by Gasteiger charge is 2.40. The molecule has 1 aromatic heterocycles. The van der Waals surface area contributed by atoms with Crippen molar-refractivity contribution < 1.29 is 0 Å². The van der Waals surface area contributed by atoms with Crippen molar-refractivity contribution in [2.45, 2.75) is 90.6 Å². The van der Waals surface area contributed by atoms with Crippen LogP contribution in [0.2, 0.25) is 0 Å². The molecule has 2 atom stereocenters. The summed E-state index contributed by atoms with van der Waals surface area (Å²) in [6.45, 7) is 15.4. The standard InChI is InChI=1S/C23H34N6/c1-5-14-28-17(3)22(19-8-6-7-9-21(19)28)26-27-23-20(24-4)15-25-29(23)18-12-10-16(2)11-13-18/h15-16,18-19,21H,5-14H2,1-3H3. The number of aromatic nitrogens is 2. The lowest BCUT2D eigenvalue weighted by Gasteiger charge is -2.34. The predicted octanol–water partition coefficient (Wildman–Crippen LogP) is 6.78. The lowest BCUT2D eigenvalue weighted by atomic mass is 9.84. The number of nitrogens with zero attached hydrogens (tertiary/aromatic N) is 6. The van der Waals surface area contributed by atoms with Gasteiger partial charge in [0.15, 0.2) is 5.82 Å². The number of rotatable bonds is 5. The van der Waals surface area contributed by atoms with Gasteiger partial charge in [0.05, 0.1) is 24.5 Å². The Balaban J connectivity index is 1.63. The zero-order valence-corrected chi connectivity index (χ0v) is 18.1. The van der Waals surface area contributed by atoms with Crippen LogP contribution in [-0.4, -0.2) is 27.3 Å². The highest BCUT2D eigenvalue weighted by Crippen LogP contribution is 2.44. The van der Waals surface area contributed by atoms with Gasteiger partial charge in [-0.2, -0.15) is 10.2 Å². The summed E-state index contributed by atoms with van der Waals surface area (Å²) in [7, 11) is 0. The quantitative estimate of drug-likeness (QED) is 0.408. The molecule has 0 amide bonds. The monoisotopic (exact) mass is 394 g/mol. The fourth-order valence-corrected chi connectivity index (χ4v) is 5.57. The zero-order valence-electron chi connectivity index (χ0n) is 18.1. The topological polar surface area (TPSA) is 50.1 Å². The third-order valence-corrected chi connectivity index (χ3v) is 7.20. The summed E-state index contributed by atoms with van der Waals surface area (Å²) < 4.78 is 1.98. The number of azo groups is 1. The minimum Gasteiger partial charge on any atom is -0.370 e. The third-order valence-electron chi connectivity index (χ3n) is 7.20. The van der Waals surface area contributed by atoms with Crippen molar-refractivity contribution >= 4 is 11.5 Å². The van der Waals surface area contributed by atoms with Crippen molar-refractivity contribution in [3.63, 3.8) is 0 Å². The minimum absolute atomic E-state index is 0.341. The second-order valence-corrected chi connectivity index (χ2v) is 9.15. The Bertz CT molecular complexity index is 821. The summed E-state index contributed by atoms with van der Waals surface area (Å²) in [6.07, 6.45) is 12.5. The van der Waals surface area contributed by atoms with Gasteiger partial charge in [-0.25, -0.2) is 4.85 Å². The van der Waals surface area contributed by atoms with Gasteiger partial charge in [0, 0.05) is 24.2 Å². The fraction of sp³-hybridized carbons (Fsp3) is 0.739. The first kappa shape index (κ1) is 20.1. The molecule has 2 fully saturated rings. The van der Waals surface area contributed by atoms with Crippen molar-refractivity contribution in [1.82, 2.24) is 14.7 Å². The van der Waals surface area contributed by atoms with Crippen LogP contribution in [0.5, 0.6) is 0 Å². The largest absolute Gasteiger partial charge is 0.370 e. The molecule has 2 aliphatic carbocycles. The van der Waals surface area contributed by atoms with Crippen molar-refractivity contribution in [2.24, 2.45) is 22.1 Å². The van der Waals surface area contributed by atoms with Gasteiger partial charge in [0.2, 0.25) is 0 Å². The van der Waals surface area contributed by atoms with Crippen molar-refractivity contribution in [3.05, 3.63) is 29.0 Å². The first-order valence-electron chi connectivity index (χ1n) is 11.5. The molecule has 29 heavy (non-hydrogen) atoms. The average Bonchev–Trinajstić information content (AvgIpc) is 3.26. The van der Waals surface area contributed by atoms with Gasteiger partial charge in [0.1, 0.15) is 0 Å². The van der Waals surface area contributed by atoms with Gasteiger partial charge < -0.3 is 4.90 Å². The molecule has 1 aromatic rings. The molecule has 6 nitrogen and oxygen atoms in total. The van der Waals surface area contributed by atoms with Crippen LogP contribution in [0.25, 0.3) is 4.85 Å². The lowest BCUT2D eigenvalue weighted by molar-refractivity contribution is 0.189. The predicted molar refractivity (Wildman–Crippen MR) is 115 cm³/mol. The van der Waals surface area contributed by atoms with E-state index in [9.17, 15) is 0 Å². The Hall–Kier alpha value is -2.16. The molecule has 2 unspecified atom stereocenters. The Kier molecular flexibility index (Phi) is 6.03. The third kappa shape index (κ3) is 3.84. The smallest absolute Gasteiger partial charge is 0.251 e. The van der Waals surface area contributed by atoms with E-state index in [-0.39, 0.29) is 0 Å². The number of fused-ring (bicyclic) bond motifs is 1. The van der Waals surface area contributed by atoms with Gasteiger partial charge in [-0.15, -0.1) is 5.11 Å². The molecule has 0 aromatic carbocycles. The maximum atomic E-state index is 7.55. The summed E-state index contributed by atoms with van der Waals surface area (Å²) in [5.74, 6) is 1.93. The Morgan fingerprint density at radius 3 is 2.62 bits per heavy atom. The van der Waals surface area contributed by atoms with Crippen LogP contribution in [0, 0.1) is 18.4 Å². The number of hydrogen-bond acceptors (Lipinski definition) is 4. The summed E-state index contributed by atoms with van der Waals surface area (Å²) in [4.78, 5) is 6.24. The highest BCUT2D eigenvalue weighted by atomic mass is 15.4. The maximum Gasteiger partial charge on any atom is 0.251 e. The maximum absolute atomic E-state index is 7.55. The molecule has 0 N–H and O–H groups in total. The second-order valence-electron chi connectivity index (χ2n) is 9.15. The Morgan fingerprint density at radius 1 is 1.14 bits per heavy atom. The van der Waals surface area contributed by atoms with E-state index in [0.29, 0.717) is 29.5 Å². The zero-order chi connectivity index (χ0) is 20.4. The molecule has 0 saturated heterocycles. The molecule has 156 valence electrons. The van der Waals surface area contributed by atoms with E-state index in [0.717, 1.165) is 37.4 Å². The minimum atomic E-state index is 0.341. The van der Waals surface area contributed by atoms with Crippen LogP contribution in [0.4, 0.5) is 11.5 Å². The molecule has 0 bridgehead atoms. The molecule has 3 aliphatic rings. The average molecular weight is 395 g/mol. The van der Waals surface area contributed by atoms with Gasteiger partial charge in [-0.05, 0) is 57.8 Å². The normalized spacial score (nSPS) is 30.1. The number of allylic oxidation sites excluding steroid dienone is 1. The van der Waals surface area contributed by atoms with E-state index >= 15 is 0 Å². The van der Waals surface area contributed by atoms with E-state index in [4.69, 9.17) is 11.7 Å². The molecule has 6 heteroatoms. The summed E-state index contributed by atoms with van der Waals surface area (Å²) >= 11 is 0. The Labute approximate surface area is 174 Å². The van der Waals surface area contributed by atoms with Crippen LogP contribution in [0.3, 0.4) is 0 Å². The molecule has 4 rings (SSSR count). The van der Waals surface area contributed by atoms with Crippen LogP contribution in [-0.2, 0) is 0 Å². The summed E-state index contributed by atoms with van der Waals surface area (Å²) in [5, 5.41) is 14.0. The van der Waals surface area contributed by atoms with E-state index < -0.39 is 0 Å². The molecule has 2 saturated carbocycles. The first-order chi connectivity index (χ1) is 14.1. The van der Waals surface area contributed by atoms with Gasteiger partial charge in [-0.3, -0.25) is 4.68 Å². The van der Waals surface area contributed by atoms with Crippen LogP contribution < -0.4 is 0 Å². The van der Waals surface area contributed by atoms with Crippen LogP contribution >= 0.6 is 0 Å². The van der Waals surface area contributed by atoms with Crippen molar-refractivity contribution in [2.75, 3.05) is 6.54 Å². The van der Waals surface area contributed by atoms with Crippen LogP contribution in [0.15, 0.2) is 27.8 Å². The van der Waals surface area contributed by atoms with E-state index in [2.05, 4.69) is 40.7 Å². The SMILES string of the molecule is [C-]#[N+]c1cnn(C2CCC(C)CC2)c1N=NC1=C(C)N(CCC)C2CCCCC12. The fourth-order valence-electron chi connectivity index (χ4n) is 5.57. The van der Waals surface area contributed by atoms with E-state index in [1.807, 2.05) is 4.68 Å². The Morgan fingerprint density at radius 2 is 1.90 bits per heavy atom. The van der Waals surface area contributed by atoms with Crippen molar-refractivity contribution in [3.8, 4) is 0 Å². The lowest BCUT2D eigenvalue weighted by Crippen LogP contribution is -2.36. The summed E-state index contributed by atoms with van der Waals surface area (Å²) in [5.41, 5.74) is 2.95. The van der Waals surface area contributed by atoms with Gasteiger partial charge in [-0.1, -0.05) is 26.7 Å². The molecular formula is C23H34N6. The van der Waals surface area contributed by atoms with Crippen molar-refractivity contribution in [1.29, 1.82) is 0 Å². The molecule has 2 heterocycles. The second kappa shape index (κ2) is 8.69. The van der Waals surface area contributed by atoms with Gasteiger partial charge in [0.25, 0.3) is 5.69 Å². The van der Waals surface area contributed by atoms with E-state index in [1.54, 1.807) is 6.20 Å². The number of hydrogen-bond donors (Lipinski definition) is 0. The van der Waals surface area contributed by atoms with Gasteiger partial charge >= 0.3 is 0 Å². The highest BCUT2D eigenvalue weighted by molar-refractivity contribution is 5.61. The van der Waals surface area contributed by atoms with Crippen LogP contribution in [0.1, 0.15) is 84.6 Å². The molecule has 1 aliphatic heterocycles. The molecule has 0 radical (unpaired) electrons. The summed E-state index contributed by atoms with van der Waals surface area (Å²) in [6, 6.07) is 0.927. The van der Waals surface area contributed by atoms with E-state index in [1.165, 1.54) is 44.2 Å².